The number of hydrogen-bond donors (Lipinski definition) is 1. The third-order valence-electron chi connectivity index (χ3n) is 2.64. The minimum Gasteiger partial charge on any atom is -0.395 e. The number of likely N-dealkylation sites (tertiary alicyclic amines) is 1. The molecule has 0 aromatic heterocycles. The molecule has 1 aliphatic rings. The normalized spacial score (nSPS) is 25.4. The van der Waals surface area contributed by atoms with Gasteiger partial charge in [0.2, 0.25) is 0 Å². The molecule has 0 radical (unpaired) electrons. The molecule has 1 N–H and O–H groups in total. The van der Waals surface area contributed by atoms with Crippen LogP contribution in [0.4, 0.5) is 0 Å². The van der Waals surface area contributed by atoms with Gasteiger partial charge in [-0.3, -0.25) is 0 Å². The third-order valence-corrected chi connectivity index (χ3v) is 2.64. The summed E-state index contributed by atoms with van der Waals surface area (Å²) in [6.45, 7) is 4.67. The summed E-state index contributed by atoms with van der Waals surface area (Å²) in [7, 11) is 4.26. The average Bonchev–Trinajstić information content (AvgIpc) is 2.04. The van der Waals surface area contributed by atoms with Crippen LogP contribution in [0.2, 0.25) is 0 Å². The van der Waals surface area contributed by atoms with E-state index in [2.05, 4.69) is 23.9 Å². The van der Waals surface area contributed by atoms with Gasteiger partial charge >= 0.3 is 0 Å². The van der Waals surface area contributed by atoms with Crippen molar-refractivity contribution in [2.75, 3.05) is 46.9 Å². The molecule has 3 heteroatoms. The van der Waals surface area contributed by atoms with E-state index in [9.17, 15) is 0 Å². The Labute approximate surface area is 81.3 Å². The van der Waals surface area contributed by atoms with Crippen LogP contribution in [0.3, 0.4) is 0 Å². The van der Waals surface area contributed by atoms with Crippen molar-refractivity contribution in [1.29, 1.82) is 0 Å². The zero-order chi connectivity index (χ0) is 9.68. The second-order valence-corrected chi connectivity index (χ2v) is 4.29. The van der Waals surface area contributed by atoms with Crippen molar-refractivity contribution < 1.29 is 5.11 Å². The highest BCUT2D eigenvalue weighted by atomic mass is 16.3. The fraction of sp³-hybridized carbons (Fsp3) is 1.00. The number of aliphatic hydroxyl groups excluding tert-OH is 1. The Kier molecular flexibility index (Phi) is 4.70. The van der Waals surface area contributed by atoms with Gasteiger partial charge in [0.1, 0.15) is 0 Å². The number of piperidine rings is 1. The smallest absolute Gasteiger partial charge is 0.0558 e. The lowest BCUT2D eigenvalue weighted by atomic mass is 9.98. The summed E-state index contributed by atoms with van der Waals surface area (Å²) in [5, 5.41) is 8.83. The fourth-order valence-corrected chi connectivity index (χ4v) is 2.16. The molecule has 1 rings (SSSR count). The second-order valence-electron chi connectivity index (χ2n) is 4.29. The lowest BCUT2D eigenvalue weighted by Gasteiger charge is -2.33. The predicted octanol–water partition coefficient (Wildman–Crippen LogP) is 0.252. The first-order valence-electron chi connectivity index (χ1n) is 5.20. The first-order valence-corrected chi connectivity index (χ1v) is 5.20. The molecule has 0 aromatic carbocycles. The zero-order valence-corrected chi connectivity index (χ0v) is 8.87. The van der Waals surface area contributed by atoms with Crippen LogP contribution >= 0.6 is 0 Å². The molecule has 0 saturated carbocycles. The van der Waals surface area contributed by atoms with E-state index in [-0.39, 0.29) is 0 Å². The molecular weight excluding hydrogens is 164 g/mol. The molecule has 1 unspecified atom stereocenters. The van der Waals surface area contributed by atoms with Crippen LogP contribution in [0.15, 0.2) is 0 Å². The molecule has 1 heterocycles. The van der Waals surface area contributed by atoms with Gasteiger partial charge in [0.05, 0.1) is 6.61 Å². The number of hydrogen-bond acceptors (Lipinski definition) is 3. The first kappa shape index (κ1) is 11.0. The highest BCUT2D eigenvalue weighted by Crippen LogP contribution is 2.16. The number of β-amino-alcohol motifs (C(OH)–C–C–N with tert-alkyl or cyclic N) is 1. The van der Waals surface area contributed by atoms with Crippen molar-refractivity contribution in [3.05, 3.63) is 0 Å². The van der Waals surface area contributed by atoms with Crippen molar-refractivity contribution in [3.63, 3.8) is 0 Å². The topological polar surface area (TPSA) is 26.7 Å². The predicted molar refractivity (Wildman–Crippen MR) is 54.8 cm³/mol. The minimum atomic E-state index is 0.300. The Bertz CT molecular complexity index is 137. The Hall–Kier alpha value is -0.120. The minimum absolute atomic E-state index is 0.300. The summed E-state index contributed by atoms with van der Waals surface area (Å²) in [6.07, 6.45) is 2.64. The molecule has 0 spiro atoms. The van der Waals surface area contributed by atoms with Crippen LogP contribution in [0.1, 0.15) is 12.8 Å². The van der Waals surface area contributed by atoms with Crippen LogP contribution in [0, 0.1) is 5.92 Å². The van der Waals surface area contributed by atoms with Crippen molar-refractivity contribution in [2.24, 2.45) is 5.92 Å². The summed E-state index contributed by atoms with van der Waals surface area (Å²) in [6, 6.07) is 0. The maximum absolute atomic E-state index is 8.83. The van der Waals surface area contributed by atoms with E-state index in [1.54, 1.807) is 0 Å². The molecule has 0 aliphatic carbocycles. The van der Waals surface area contributed by atoms with E-state index in [0.29, 0.717) is 6.61 Å². The van der Waals surface area contributed by atoms with Crippen molar-refractivity contribution >= 4 is 0 Å². The van der Waals surface area contributed by atoms with E-state index in [4.69, 9.17) is 5.11 Å². The van der Waals surface area contributed by atoms with E-state index in [1.165, 1.54) is 32.5 Å². The number of aliphatic hydroxyl groups is 1. The van der Waals surface area contributed by atoms with Gasteiger partial charge in [-0.25, -0.2) is 0 Å². The van der Waals surface area contributed by atoms with Gasteiger partial charge in [-0.2, -0.15) is 0 Å². The Morgan fingerprint density at radius 1 is 1.46 bits per heavy atom. The second kappa shape index (κ2) is 5.58. The van der Waals surface area contributed by atoms with E-state index in [1.807, 2.05) is 0 Å². The molecule has 1 aliphatic heterocycles. The van der Waals surface area contributed by atoms with E-state index in [0.717, 1.165) is 12.5 Å². The van der Waals surface area contributed by atoms with Crippen molar-refractivity contribution in [1.82, 2.24) is 9.80 Å². The Balaban J connectivity index is 2.24. The zero-order valence-electron chi connectivity index (χ0n) is 8.87. The van der Waals surface area contributed by atoms with Crippen molar-refractivity contribution in [3.8, 4) is 0 Å². The maximum atomic E-state index is 8.83. The Morgan fingerprint density at radius 2 is 2.23 bits per heavy atom. The highest BCUT2D eigenvalue weighted by Gasteiger charge is 2.19. The monoisotopic (exact) mass is 186 g/mol. The largest absolute Gasteiger partial charge is 0.395 e. The molecular formula is C10H22N2O. The van der Waals surface area contributed by atoms with Crippen LogP contribution in [0.5, 0.6) is 0 Å². The van der Waals surface area contributed by atoms with Crippen LogP contribution in [-0.4, -0.2) is 61.8 Å². The molecule has 13 heavy (non-hydrogen) atoms. The van der Waals surface area contributed by atoms with Gasteiger partial charge in [-0.15, -0.1) is 0 Å². The maximum Gasteiger partial charge on any atom is 0.0558 e. The number of rotatable bonds is 4. The highest BCUT2D eigenvalue weighted by molar-refractivity contribution is 4.74. The summed E-state index contributed by atoms with van der Waals surface area (Å²) >= 11 is 0. The van der Waals surface area contributed by atoms with Gasteiger partial charge in [-0.05, 0) is 39.4 Å². The molecule has 1 fully saturated rings. The summed E-state index contributed by atoms with van der Waals surface area (Å²) in [4.78, 5) is 4.63. The van der Waals surface area contributed by atoms with E-state index < -0.39 is 0 Å². The summed E-state index contributed by atoms with van der Waals surface area (Å²) in [5.74, 6) is 0.801. The SMILES string of the molecule is CN(C)CC1CCCN(CCO)C1. The van der Waals surface area contributed by atoms with Crippen LogP contribution in [0.25, 0.3) is 0 Å². The van der Waals surface area contributed by atoms with Crippen molar-refractivity contribution in [2.45, 2.75) is 12.8 Å². The Morgan fingerprint density at radius 3 is 2.85 bits per heavy atom. The van der Waals surface area contributed by atoms with Gasteiger partial charge in [0.15, 0.2) is 0 Å². The lowest BCUT2D eigenvalue weighted by molar-refractivity contribution is 0.126. The summed E-state index contributed by atoms with van der Waals surface area (Å²) in [5.41, 5.74) is 0. The summed E-state index contributed by atoms with van der Waals surface area (Å²) < 4.78 is 0. The average molecular weight is 186 g/mol. The molecule has 0 bridgehead atoms. The quantitative estimate of drug-likeness (QED) is 0.682. The fourth-order valence-electron chi connectivity index (χ4n) is 2.16. The molecule has 0 amide bonds. The van der Waals surface area contributed by atoms with Crippen LogP contribution in [-0.2, 0) is 0 Å². The number of nitrogens with zero attached hydrogens (tertiary/aromatic N) is 2. The molecule has 3 nitrogen and oxygen atoms in total. The van der Waals surface area contributed by atoms with Gasteiger partial charge in [0, 0.05) is 19.6 Å². The van der Waals surface area contributed by atoms with Gasteiger partial charge in [0.25, 0.3) is 0 Å². The van der Waals surface area contributed by atoms with E-state index >= 15 is 0 Å². The van der Waals surface area contributed by atoms with Gasteiger partial charge < -0.3 is 14.9 Å². The molecule has 78 valence electrons. The van der Waals surface area contributed by atoms with Gasteiger partial charge in [-0.1, -0.05) is 0 Å². The molecule has 0 aromatic rings. The third kappa shape index (κ3) is 4.07. The standard InChI is InChI=1S/C10H22N2O/c1-11(2)8-10-4-3-5-12(9-10)6-7-13/h10,13H,3-9H2,1-2H3. The first-order chi connectivity index (χ1) is 6.22. The molecule has 1 saturated heterocycles. The molecule has 1 atom stereocenters. The van der Waals surface area contributed by atoms with Crippen LogP contribution < -0.4 is 0 Å². The lowest BCUT2D eigenvalue weighted by Crippen LogP contribution is -2.40.